The molecule has 0 saturated heterocycles. The van der Waals surface area contributed by atoms with Gasteiger partial charge in [0.2, 0.25) is 0 Å². The van der Waals surface area contributed by atoms with Crippen LogP contribution in [-0.4, -0.2) is 11.9 Å². The van der Waals surface area contributed by atoms with E-state index in [1.807, 2.05) is 38.1 Å². The van der Waals surface area contributed by atoms with E-state index in [9.17, 15) is 9.18 Å². The molecule has 2 aromatic carbocycles. The molecule has 21 heavy (non-hydrogen) atoms. The van der Waals surface area contributed by atoms with Crippen LogP contribution < -0.4 is 10.6 Å². The quantitative estimate of drug-likeness (QED) is 0.937. The van der Waals surface area contributed by atoms with Crippen LogP contribution in [0, 0.1) is 5.82 Å². The molecule has 1 amide bonds. The monoisotopic (exact) mass is 286 g/mol. The maximum atomic E-state index is 13.0. The number of hydrogen-bond acceptors (Lipinski definition) is 2. The molecule has 0 unspecified atom stereocenters. The molecule has 0 aliphatic heterocycles. The Hall–Kier alpha value is -2.20. The van der Waals surface area contributed by atoms with Crippen molar-refractivity contribution in [1.82, 2.24) is 0 Å². The van der Waals surface area contributed by atoms with Gasteiger partial charge >= 0.3 is 0 Å². The first-order chi connectivity index (χ1) is 10.0. The zero-order chi connectivity index (χ0) is 15.4. The highest BCUT2D eigenvalue weighted by Gasteiger charge is 2.20. The van der Waals surface area contributed by atoms with Crippen LogP contribution in [0.2, 0.25) is 0 Å². The molecule has 4 heteroatoms. The topological polar surface area (TPSA) is 46.3 Å². The van der Waals surface area contributed by atoms with E-state index >= 15 is 0 Å². The lowest BCUT2D eigenvalue weighted by atomic mass is 10.1. The third kappa shape index (κ3) is 3.47. The van der Waals surface area contributed by atoms with Crippen molar-refractivity contribution in [2.75, 3.05) is 4.90 Å². The summed E-state index contributed by atoms with van der Waals surface area (Å²) in [5.41, 5.74) is 7.86. The van der Waals surface area contributed by atoms with Crippen molar-refractivity contribution in [3.63, 3.8) is 0 Å². The molecule has 0 saturated carbocycles. The summed E-state index contributed by atoms with van der Waals surface area (Å²) in [6, 6.07) is 13.2. The van der Waals surface area contributed by atoms with Crippen LogP contribution in [0.25, 0.3) is 0 Å². The largest absolute Gasteiger partial charge is 0.326 e. The van der Waals surface area contributed by atoms with Gasteiger partial charge in [0.25, 0.3) is 5.91 Å². The number of nitrogens with two attached hydrogens (primary N) is 1. The predicted molar refractivity (Wildman–Crippen MR) is 82.7 cm³/mol. The number of carbonyl (C=O) groups excluding carboxylic acids is 1. The summed E-state index contributed by atoms with van der Waals surface area (Å²) < 4.78 is 13.0. The molecule has 0 fully saturated rings. The Morgan fingerprint density at radius 3 is 2.14 bits per heavy atom. The van der Waals surface area contributed by atoms with Gasteiger partial charge in [-0.2, -0.15) is 0 Å². The molecule has 110 valence electrons. The first kappa shape index (κ1) is 15.2. The van der Waals surface area contributed by atoms with Crippen LogP contribution in [-0.2, 0) is 6.54 Å². The van der Waals surface area contributed by atoms with E-state index in [4.69, 9.17) is 5.73 Å². The van der Waals surface area contributed by atoms with Crippen molar-refractivity contribution in [2.45, 2.75) is 26.4 Å². The summed E-state index contributed by atoms with van der Waals surface area (Å²) in [5.74, 6) is -0.500. The van der Waals surface area contributed by atoms with Crippen molar-refractivity contribution in [3.8, 4) is 0 Å². The second-order valence-corrected chi connectivity index (χ2v) is 5.15. The molecular formula is C17H19FN2O. The second kappa shape index (κ2) is 6.50. The molecule has 0 aromatic heterocycles. The van der Waals surface area contributed by atoms with Gasteiger partial charge in [-0.15, -0.1) is 0 Å². The Labute approximate surface area is 124 Å². The number of carbonyl (C=O) groups is 1. The average Bonchev–Trinajstić information content (AvgIpc) is 2.48. The van der Waals surface area contributed by atoms with E-state index in [0.717, 1.165) is 11.3 Å². The Balaban J connectivity index is 2.33. The van der Waals surface area contributed by atoms with Crippen LogP contribution in [0.3, 0.4) is 0 Å². The SMILES string of the molecule is CC(C)N(C(=O)c1ccc(F)cc1)c1ccc(CN)cc1. The van der Waals surface area contributed by atoms with E-state index < -0.39 is 0 Å². The number of amides is 1. The summed E-state index contributed by atoms with van der Waals surface area (Å²) in [4.78, 5) is 14.3. The maximum Gasteiger partial charge on any atom is 0.258 e. The van der Waals surface area contributed by atoms with E-state index in [0.29, 0.717) is 12.1 Å². The highest BCUT2D eigenvalue weighted by molar-refractivity contribution is 6.06. The van der Waals surface area contributed by atoms with Gasteiger partial charge in [0, 0.05) is 23.8 Å². The van der Waals surface area contributed by atoms with Crippen LogP contribution in [0.15, 0.2) is 48.5 Å². The van der Waals surface area contributed by atoms with Gasteiger partial charge in [-0.25, -0.2) is 4.39 Å². The minimum Gasteiger partial charge on any atom is -0.326 e. The van der Waals surface area contributed by atoms with E-state index in [-0.39, 0.29) is 17.8 Å². The fraction of sp³-hybridized carbons (Fsp3) is 0.235. The fourth-order valence-electron chi connectivity index (χ4n) is 2.17. The normalized spacial score (nSPS) is 10.7. The van der Waals surface area contributed by atoms with Gasteiger partial charge in [-0.3, -0.25) is 4.79 Å². The first-order valence-corrected chi connectivity index (χ1v) is 6.91. The van der Waals surface area contributed by atoms with Gasteiger partial charge in [0.15, 0.2) is 0 Å². The first-order valence-electron chi connectivity index (χ1n) is 6.91. The van der Waals surface area contributed by atoms with Crippen LogP contribution >= 0.6 is 0 Å². The molecule has 3 nitrogen and oxygen atoms in total. The molecule has 0 atom stereocenters. The lowest BCUT2D eigenvalue weighted by Crippen LogP contribution is -2.37. The molecule has 0 aliphatic rings. The van der Waals surface area contributed by atoms with Gasteiger partial charge in [0.1, 0.15) is 5.82 Å². The lowest BCUT2D eigenvalue weighted by molar-refractivity contribution is 0.0980. The average molecular weight is 286 g/mol. The molecule has 0 radical (unpaired) electrons. The minimum absolute atomic E-state index is 0.00807. The summed E-state index contributed by atoms with van der Waals surface area (Å²) >= 11 is 0. The molecule has 2 N–H and O–H groups in total. The van der Waals surface area contributed by atoms with Crippen molar-refractivity contribution in [2.24, 2.45) is 5.73 Å². The second-order valence-electron chi connectivity index (χ2n) is 5.15. The van der Waals surface area contributed by atoms with Gasteiger partial charge in [-0.05, 0) is 55.8 Å². The van der Waals surface area contributed by atoms with Gasteiger partial charge in [-0.1, -0.05) is 12.1 Å². The summed E-state index contributed by atoms with van der Waals surface area (Å²) in [6.45, 7) is 4.35. The summed E-state index contributed by atoms with van der Waals surface area (Å²) in [5, 5.41) is 0. The van der Waals surface area contributed by atoms with E-state index in [1.54, 1.807) is 4.90 Å². The highest BCUT2D eigenvalue weighted by Crippen LogP contribution is 2.21. The zero-order valence-electron chi connectivity index (χ0n) is 12.2. The Morgan fingerprint density at radius 2 is 1.67 bits per heavy atom. The summed E-state index contributed by atoms with van der Waals surface area (Å²) in [6.07, 6.45) is 0. The van der Waals surface area contributed by atoms with Crippen LogP contribution in [0.1, 0.15) is 29.8 Å². The molecule has 0 bridgehead atoms. The molecule has 0 heterocycles. The number of hydrogen-bond donors (Lipinski definition) is 1. The molecule has 0 spiro atoms. The third-order valence-corrected chi connectivity index (χ3v) is 3.28. The summed E-state index contributed by atoms with van der Waals surface area (Å²) in [7, 11) is 0. The zero-order valence-corrected chi connectivity index (χ0v) is 12.2. The van der Waals surface area contributed by atoms with Crippen molar-refractivity contribution >= 4 is 11.6 Å². The minimum atomic E-state index is -0.352. The number of halogens is 1. The highest BCUT2D eigenvalue weighted by atomic mass is 19.1. The number of rotatable bonds is 4. The Morgan fingerprint density at radius 1 is 1.10 bits per heavy atom. The standard InChI is InChI=1S/C17H19FN2O/c1-12(2)20(16-9-3-13(11-19)4-10-16)17(21)14-5-7-15(18)8-6-14/h3-10,12H,11,19H2,1-2H3. The van der Waals surface area contributed by atoms with Gasteiger partial charge < -0.3 is 10.6 Å². The van der Waals surface area contributed by atoms with Crippen LogP contribution in [0.4, 0.5) is 10.1 Å². The Kier molecular flexibility index (Phi) is 4.70. The number of nitrogens with zero attached hydrogens (tertiary/aromatic N) is 1. The van der Waals surface area contributed by atoms with Crippen molar-refractivity contribution in [1.29, 1.82) is 0 Å². The van der Waals surface area contributed by atoms with Gasteiger partial charge in [0.05, 0.1) is 0 Å². The number of benzene rings is 2. The fourth-order valence-corrected chi connectivity index (χ4v) is 2.17. The molecule has 0 aliphatic carbocycles. The smallest absolute Gasteiger partial charge is 0.258 e. The van der Waals surface area contributed by atoms with Crippen LogP contribution in [0.5, 0.6) is 0 Å². The van der Waals surface area contributed by atoms with E-state index in [2.05, 4.69) is 0 Å². The third-order valence-electron chi connectivity index (χ3n) is 3.28. The molecule has 2 aromatic rings. The van der Waals surface area contributed by atoms with E-state index in [1.165, 1.54) is 24.3 Å². The maximum absolute atomic E-state index is 13.0. The lowest BCUT2D eigenvalue weighted by Gasteiger charge is -2.27. The molecular weight excluding hydrogens is 267 g/mol. The molecule has 2 rings (SSSR count). The predicted octanol–water partition coefficient (Wildman–Crippen LogP) is 3.34. The van der Waals surface area contributed by atoms with Crippen molar-refractivity contribution in [3.05, 3.63) is 65.5 Å². The Bertz CT molecular complexity index is 606. The number of anilines is 1. The van der Waals surface area contributed by atoms with Crippen molar-refractivity contribution < 1.29 is 9.18 Å².